The number of nitrogens with zero attached hydrogens (tertiary/aromatic N) is 3. The summed E-state index contributed by atoms with van der Waals surface area (Å²) in [5, 5.41) is 4.13. The molecule has 1 aromatic heterocycles. The monoisotopic (exact) mass is 455 g/mol. The average Bonchev–Trinajstić information content (AvgIpc) is 3.49. The van der Waals surface area contributed by atoms with Crippen molar-refractivity contribution in [2.45, 2.75) is 12.3 Å². The number of benzene rings is 2. The lowest BCUT2D eigenvalue weighted by atomic mass is 10.1. The molecular formula is C23H25N3O7. The molecule has 1 atom stereocenters. The summed E-state index contributed by atoms with van der Waals surface area (Å²) >= 11 is 0. The molecule has 4 rings (SSSR count). The van der Waals surface area contributed by atoms with Gasteiger partial charge in [0.1, 0.15) is 0 Å². The standard InChI is InChI=1S/C23H25N3O7/c1-28-16-7-6-15(11-17(16)29-2)26-12-14(10-20(26)27)22-24-23(33-25-22)13-8-18(30-3)21(32-5)19(9-13)31-4/h6-9,11,14H,10,12H2,1-5H3. The molecular weight excluding hydrogens is 430 g/mol. The van der Waals surface area contributed by atoms with Gasteiger partial charge in [-0.2, -0.15) is 4.98 Å². The first-order valence-electron chi connectivity index (χ1n) is 10.2. The van der Waals surface area contributed by atoms with E-state index in [1.165, 1.54) is 21.3 Å². The molecule has 0 spiro atoms. The fourth-order valence-corrected chi connectivity index (χ4v) is 3.85. The summed E-state index contributed by atoms with van der Waals surface area (Å²) < 4.78 is 32.3. The molecule has 3 aromatic rings. The molecule has 10 heteroatoms. The van der Waals surface area contributed by atoms with Crippen molar-refractivity contribution in [2.75, 3.05) is 47.0 Å². The highest BCUT2D eigenvalue weighted by molar-refractivity contribution is 5.96. The van der Waals surface area contributed by atoms with Gasteiger partial charge >= 0.3 is 0 Å². The second kappa shape index (κ2) is 9.27. The molecule has 1 saturated heterocycles. The Balaban J connectivity index is 1.58. The van der Waals surface area contributed by atoms with Crippen LogP contribution in [-0.2, 0) is 4.79 Å². The van der Waals surface area contributed by atoms with Crippen LogP contribution in [0.2, 0.25) is 0 Å². The summed E-state index contributed by atoms with van der Waals surface area (Å²) in [7, 11) is 7.73. The summed E-state index contributed by atoms with van der Waals surface area (Å²) in [6.45, 7) is 0.419. The van der Waals surface area contributed by atoms with E-state index in [0.29, 0.717) is 58.3 Å². The van der Waals surface area contributed by atoms with Crippen LogP contribution in [-0.4, -0.2) is 58.1 Å². The van der Waals surface area contributed by atoms with E-state index in [4.69, 9.17) is 28.2 Å². The molecule has 0 radical (unpaired) electrons. The smallest absolute Gasteiger partial charge is 0.258 e. The molecule has 0 bridgehead atoms. The van der Waals surface area contributed by atoms with Crippen molar-refractivity contribution in [2.24, 2.45) is 0 Å². The Morgan fingerprint density at radius 1 is 0.879 bits per heavy atom. The Labute approximate surface area is 190 Å². The number of amides is 1. The van der Waals surface area contributed by atoms with Gasteiger partial charge in [0.25, 0.3) is 5.89 Å². The minimum absolute atomic E-state index is 0.0358. The average molecular weight is 455 g/mol. The van der Waals surface area contributed by atoms with Crippen LogP contribution in [0.3, 0.4) is 0 Å². The van der Waals surface area contributed by atoms with Crippen LogP contribution in [0.5, 0.6) is 28.7 Å². The summed E-state index contributed by atoms with van der Waals surface area (Å²) in [6, 6.07) is 8.82. The maximum Gasteiger partial charge on any atom is 0.258 e. The molecule has 0 saturated carbocycles. The second-order valence-electron chi connectivity index (χ2n) is 7.32. The van der Waals surface area contributed by atoms with Gasteiger partial charge in [-0.25, -0.2) is 0 Å². The molecule has 1 unspecified atom stereocenters. The number of hydrogen-bond donors (Lipinski definition) is 0. The van der Waals surface area contributed by atoms with E-state index >= 15 is 0 Å². The predicted molar refractivity (Wildman–Crippen MR) is 119 cm³/mol. The second-order valence-corrected chi connectivity index (χ2v) is 7.32. The lowest BCUT2D eigenvalue weighted by Crippen LogP contribution is -2.24. The van der Waals surface area contributed by atoms with Gasteiger partial charge in [-0.3, -0.25) is 4.79 Å². The van der Waals surface area contributed by atoms with Crippen LogP contribution in [0.15, 0.2) is 34.9 Å². The largest absolute Gasteiger partial charge is 0.493 e. The highest BCUT2D eigenvalue weighted by atomic mass is 16.5. The van der Waals surface area contributed by atoms with Crippen molar-refractivity contribution in [3.63, 3.8) is 0 Å². The van der Waals surface area contributed by atoms with Crippen molar-refractivity contribution in [1.82, 2.24) is 10.1 Å². The summed E-state index contributed by atoms with van der Waals surface area (Å²) in [5.41, 5.74) is 1.33. The van der Waals surface area contributed by atoms with Crippen LogP contribution in [0.25, 0.3) is 11.5 Å². The van der Waals surface area contributed by atoms with Gasteiger partial charge in [-0.05, 0) is 24.3 Å². The number of methoxy groups -OCH3 is 5. The number of carbonyl (C=O) groups is 1. The molecule has 1 aliphatic rings. The predicted octanol–water partition coefficient (Wildman–Crippen LogP) is 3.30. The van der Waals surface area contributed by atoms with Crippen LogP contribution in [0.4, 0.5) is 5.69 Å². The quantitative estimate of drug-likeness (QED) is 0.506. The van der Waals surface area contributed by atoms with E-state index in [2.05, 4.69) is 10.1 Å². The first kappa shape index (κ1) is 22.3. The number of aromatic nitrogens is 2. The zero-order chi connectivity index (χ0) is 23.5. The molecule has 10 nitrogen and oxygen atoms in total. The van der Waals surface area contributed by atoms with Gasteiger partial charge in [0.15, 0.2) is 28.8 Å². The Bertz CT molecular complexity index is 1140. The van der Waals surface area contributed by atoms with E-state index in [1.54, 1.807) is 43.4 Å². The molecule has 1 aliphatic heterocycles. The van der Waals surface area contributed by atoms with Gasteiger partial charge in [-0.15, -0.1) is 0 Å². The lowest BCUT2D eigenvalue weighted by Gasteiger charge is -2.18. The fourth-order valence-electron chi connectivity index (χ4n) is 3.85. The third-order valence-electron chi connectivity index (χ3n) is 5.52. The zero-order valence-electron chi connectivity index (χ0n) is 19.1. The maximum atomic E-state index is 12.7. The maximum absolute atomic E-state index is 12.7. The Kier molecular flexibility index (Phi) is 6.25. The third kappa shape index (κ3) is 4.11. The van der Waals surface area contributed by atoms with Crippen molar-refractivity contribution >= 4 is 11.6 Å². The summed E-state index contributed by atoms with van der Waals surface area (Å²) in [5.74, 6) is 3.06. The van der Waals surface area contributed by atoms with Gasteiger partial charge in [-0.1, -0.05) is 5.16 Å². The normalized spacial score (nSPS) is 15.5. The highest BCUT2D eigenvalue weighted by Crippen LogP contribution is 2.41. The van der Waals surface area contributed by atoms with E-state index in [9.17, 15) is 4.79 Å². The van der Waals surface area contributed by atoms with Crippen LogP contribution in [0, 0.1) is 0 Å². The van der Waals surface area contributed by atoms with E-state index in [-0.39, 0.29) is 18.2 Å². The number of carbonyl (C=O) groups excluding carboxylic acids is 1. The van der Waals surface area contributed by atoms with Crippen LogP contribution in [0.1, 0.15) is 18.2 Å². The van der Waals surface area contributed by atoms with Crippen molar-refractivity contribution in [1.29, 1.82) is 0 Å². The summed E-state index contributed by atoms with van der Waals surface area (Å²) in [6.07, 6.45) is 0.266. The molecule has 2 aromatic carbocycles. The molecule has 0 aliphatic carbocycles. The van der Waals surface area contributed by atoms with Gasteiger partial charge in [0.2, 0.25) is 11.7 Å². The minimum Gasteiger partial charge on any atom is -0.493 e. The molecule has 1 amide bonds. The van der Waals surface area contributed by atoms with E-state index < -0.39 is 0 Å². The topological polar surface area (TPSA) is 105 Å². The number of ether oxygens (including phenoxy) is 5. The van der Waals surface area contributed by atoms with Gasteiger partial charge in [0.05, 0.1) is 35.5 Å². The molecule has 33 heavy (non-hydrogen) atoms. The first-order chi connectivity index (χ1) is 16.0. The lowest BCUT2D eigenvalue weighted by molar-refractivity contribution is -0.117. The highest BCUT2D eigenvalue weighted by Gasteiger charge is 2.35. The van der Waals surface area contributed by atoms with Gasteiger partial charge in [0, 0.05) is 36.2 Å². The number of anilines is 1. The van der Waals surface area contributed by atoms with Crippen molar-refractivity contribution in [3.8, 4) is 40.2 Å². The van der Waals surface area contributed by atoms with Crippen molar-refractivity contribution in [3.05, 3.63) is 36.2 Å². The fraction of sp³-hybridized carbons (Fsp3) is 0.348. The van der Waals surface area contributed by atoms with Crippen LogP contribution >= 0.6 is 0 Å². The molecule has 2 heterocycles. The third-order valence-corrected chi connectivity index (χ3v) is 5.52. The van der Waals surface area contributed by atoms with Crippen molar-refractivity contribution < 1.29 is 33.0 Å². The van der Waals surface area contributed by atoms with E-state index in [0.717, 1.165) is 0 Å². The zero-order valence-corrected chi connectivity index (χ0v) is 19.1. The summed E-state index contributed by atoms with van der Waals surface area (Å²) in [4.78, 5) is 19.0. The molecule has 1 fully saturated rings. The molecule has 0 N–H and O–H groups in total. The molecule has 174 valence electrons. The number of rotatable bonds is 8. The van der Waals surface area contributed by atoms with Crippen LogP contribution < -0.4 is 28.6 Å². The Morgan fingerprint density at radius 2 is 1.55 bits per heavy atom. The Morgan fingerprint density at radius 3 is 2.15 bits per heavy atom. The van der Waals surface area contributed by atoms with Gasteiger partial charge < -0.3 is 33.1 Å². The van der Waals surface area contributed by atoms with E-state index in [1.807, 2.05) is 6.07 Å². The Hall–Kier alpha value is -3.95. The minimum atomic E-state index is -0.217. The SMILES string of the molecule is COc1ccc(N2CC(c3noc(-c4cc(OC)c(OC)c(OC)c4)n3)CC2=O)cc1OC. The number of hydrogen-bond acceptors (Lipinski definition) is 9. The first-order valence-corrected chi connectivity index (χ1v) is 10.2.